The topological polar surface area (TPSA) is 46.1 Å². The number of amides is 1. The fourth-order valence-electron chi connectivity index (χ4n) is 1.90. The van der Waals surface area contributed by atoms with Gasteiger partial charge in [-0.15, -0.1) is 33.4 Å². The number of anilines is 1. The highest BCUT2D eigenvalue weighted by Crippen LogP contribution is 2.24. The van der Waals surface area contributed by atoms with Gasteiger partial charge >= 0.3 is 0 Å². The first kappa shape index (κ1) is 16.2. The molecule has 0 saturated carbocycles. The second-order valence-corrected chi connectivity index (χ2v) is 6.62. The minimum atomic E-state index is -0.606. The number of aromatic nitrogens is 2. The van der Waals surface area contributed by atoms with E-state index >= 15 is 0 Å². The molecule has 0 aliphatic heterocycles. The molecular formula is C14H15Cl2N3OS. The van der Waals surface area contributed by atoms with Gasteiger partial charge in [0.1, 0.15) is 15.4 Å². The van der Waals surface area contributed by atoms with Crippen molar-refractivity contribution in [1.82, 2.24) is 10.2 Å². The molecule has 1 atom stereocenters. The van der Waals surface area contributed by atoms with Crippen LogP contribution in [-0.4, -0.2) is 21.5 Å². The zero-order chi connectivity index (χ0) is 15.4. The summed E-state index contributed by atoms with van der Waals surface area (Å²) in [5, 5.41) is 8.91. The van der Waals surface area contributed by atoms with E-state index in [4.69, 9.17) is 23.2 Å². The van der Waals surface area contributed by atoms with Crippen LogP contribution in [0.15, 0.2) is 24.3 Å². The van der Waals surface area contributed by atoms with E-state index in [1.165, 1.54) is 11.3 Å². The van der Waals surface area contributed by atoms with Gasteiger partial charge in [0, 0.05) is 5.69 Å². The van der Waals surface area contributed by atoms with Crippen LogP contribution < -0.4 is 4.90 Å². The van der Waals surface area contributed by atoms with Gasteiger partial charge < -0.3 is 4.90 Å². The van der Waals surface area contributed by atoms with E-state index in [2.05, 4.69) is 10.2 Å². The average molecular weight is 344 g/mol. The van der Waals surface area contributed by atoms with Crippen molar-refractivity contribution in [2.75, 3.05) is 4.90 Å². The summed E-state index contributed by atoms with van der Waals surface area (Å²) >= 11 is 13.1. The standard InChI is InChI=1S/C14H15Cl2N3OS/c1-9-5-3-4-6-11(9)19(14(20)10(2)16)8-13-18-17-12(7-15)21-13/h3-6,10H,7-8H2,1-2H3. The summed E-state index contributed by atoms with van der Waals surface area (Å²) in [5.41, 5.74) is 1.84. The molecule has 0 fully saturated rings. The van der Waals surface area contributed by atoms with Crippen molar-refractivity contribution in [2.45, 2.75) is 31.6 Å². The van der Waals surface area contributed by atoms with Crippen LogP contribution in [-0.2, 0) is 17.2 Å². The lowest BCUT2D eigenvalue weighted by atomic mass is 10.1. The third-order valence-electron chi connectivity index (χ3n) is 2.93. The molecule has 21 heavy (non-hydrogen) atoms. The second-order valence-electron chi connectivity index (χ2n) is 4.55. The summed E-state index contributed by atoms with van der Waals surface area (Å²) in [6, 6.07) is 7.68. The second kappa shape index (κ2) is 7.20. The van der Waals surface area contributed by atoms with Gasteiger partial charge in [-0.1, -0.05) is 29.5 Å². The first-order chi connectivity index (χ1) is 10.0. The number of hydrogen-bond donors (Lipinski definition) is 0. The number of para-hydroxylation sites is 1. The van der Waals surface area contributed by atoms with Crippen molar-refractivity contribution in [3.63, 3.8) is 0 Å². The van der Waals surface area contributed by atoms with E-state index in [-0.39, 0.29) is 5.91 Å². The van der Waals surface area contributed by atoms with Crippen LogP contribution in [0.4, 0.5) is 5.69 Å². The Bertz CT molecular complexity index is 630. The van der Waals surface area contributed by atoms with Gasteiger partial charge in [-0.3, -0.25) is 4.79 Å². The molecule has 7 heteroatoms. The highest BCUT2D eigenvalue weighted by Gasteiger charge is 2.23. The largest absolute Gasteiger partial charge is 0.304 e. The molecule has 0 aliphatic rings. The van der Waals surface area contributed by atoms with Crippen LogP contribution in [0, 0.1) is 6.92 Å². The van der Waals surface area contributed by atoms with Gasteiger partial charge in [-0.25, -0.2) is 0 Å². The molecule has 1 aromatic heterocycles. The number of aryl methyl sites for hydroxylation is 1. The number of rotatable bonds is 5. The van der Waals surface area contributed by atoms with E-state index in [1.807, 2.05) is 31.2 Å². The molecule has 112 valence electrons. The molecule has 0 aliphatic carbocycles. The number of carbonyl (C=O) groups is 1. The summed E-state index contributed by atoms with van der Waals surface area (Å²) in [7, 11) is 0. The highest BCUT2D eigenvalue weighted by atomic mass is 35.5. The molecule has 0 spiro atoms. The maximum Gasteiger partial charge on any atom is 0.245 e. The maximum absolute atomic E-state index is 12.4. The molecule has 0 saturated heterocycles. The van der Waals surface area contributed by atoms with E-state index in [9.17, 15) is 4.79 Å². The monoisotopic (exact) mass is 343 g/mol. The molecule has 1 aromatic carbocycles. The number of hydrogen-bond acceptors (Lipinski definition) is 4. The van der Waals surface area contributed by atoms with Gasteiger partial charge in [0.05, 0.1) is 12.4 Å². The Kier molecular flexibility index (Phi) is 5.56. The Hall–Kier alpha value is -1.17. The van der Waals surface area contributed by atoms with E-state index in [0.29, 0.717) is 12.4 Å². The zero-order valence-electron chi connectivity index (χ0n) is 11.7. The zero-order valence-corrected chi connectivity index (χ0v) is 14.0. The Labute approximate surface area is 137 Å². The minimum Gasteiger partial charge on any atom is -0.304 e. The van der Waals surface area contributed by atoms with Gasteiger partial charge in [-0.2, -0.15) is 0 Å². The van der Waals surface area contributed by atoms with Crippen molar-refractivity contribution in [2.24, 2.45) is 0 Å². The van der Waals surface area contributed by atoms with Crippen LogP contribution in [0.2, 0.25) is 0 Å². The van der Waals surface area contributed by atoms with Gasteiger partial charge in [0.2, 0.25) is 5.91 Å². The lowest BCUT2D eigenvalue weighted by molar-refractivity contribution is -0.118. The van der Waals surface area contributed by atoms with Crippen molar-refractivity contribution < 1.29 is 4.79 Å². The van der Waals surface area contributed by atoms with Crippen LogP contribution in [0.25, 0.3) is 0 Å². The van der Waals surface area contributed by atoms with Crippen LogP contribution in [0.1, 0.15) is 22.5 Å². The molecule has 0 N–H and O–H groups in total. The first-order valence-corrected chi connectivity index (χ1v) is 8.20. The summed E-state index contributed by atoms with van der Waals surface area (Å²) < 4.78 is 0. The van der Waals surface area contributed by atoms with Crippen LogP contribution in [0.3, 0.4) is 0 Å². The molecule has 1 unspecified atom stereocenters. The van der Waals surface area contributed by atoms with Crippen molar-refractivity contribution in [3.8, 4) is 0 Å². The van der Waals surface area contributed by atoms with Crippen molar-refractivity contribution in [3.05, 3.63) is 39.8 Å². The normalized spacial score (nSPS) is 12.2. The van der Waals surface area contributed by atoms with Gasteiger partial charge in [0.25, 0.3) is 0 Å². The summed E-state index contributed by atoms with van der Waals surface area (Å²) in [4.78, 5) is 14.0. The van der Waals surface area contributed by atoms with Gasteiger partial charge in [-0.05, 0) is 25.5 Å². The quantitative estimate of drug-likeness (QED) is 0.776. The predicted octanol–water partition coefficient (Wildman–Crippen LogP) is 3.75. The summed E-state index contributed by atoms with van der Waals surface area (Å²) in [6.07, 6.45) is 0. The fraction of sp³-hybridized carbons (Fsp3) is 0.357. The molecule has 0 radical (unpaired) electrons. The van der Waals surface area contributed by atoms with Crippen LogP contribution >= 0.6 is 34.5 Å². The van der Waals surface area contributed by atoms with E-state index < -0.39 is 5.38 Å². The molecule has 4 nitrogen and oxygen atoms in total. The Balaban J connectivity index is 2.33. The van der Waals surface area contributed by atoms with Gasteiger partial charge in [0.15, 0.2) is 0 Å². The molecule has 1 amide bonds. The molecule has 1 heterocycles. The Morgan fingerprint density at radius 2 is 2.00 bits per heavy atom. The molecule has 2 rings (SSSR count). The van der Waals surface area contributed by atoms with Crippen molar-refractivity contribution in [1.29, 1.82) is 0 Å². The number of alkyl halides is 2. The minimum absolute atomic E-state index is 0.159. The third-order valence-corrected chi connectivity index (χ3v) is 4.44. The Morgan fingerprint density at radius 1 is 1.33 bits per heavy atom. The Morgan fingerprint density at radius 3 is 2.57 bits per heavy atom. The number of nitrogens with zero attached hydrogens (tertiary/aromatic N) is 3. The van der Waals surface area contributed by atoms with E-state index in [1.54, 1.807) is 11.8 Å². The number of benzene rings is 1. The number of halogens is 2. The van der Waals surface area contributed by atoms with Crippen molar-refractivity contribution >= 4 is 46.1 Å². The third kappa shape index (κ3) is 3.93. The molecule has 0 bridgehead atoms. The van der Waals surface area contributed by atoms with E-state index in [0.717, 1.165) is 21.3 Å². The van der Waals surface area contributed by atoms with Crippen LogP contribution in [0.5, 0.6) is 0 Å². The summed E-state index contributed by atoms with van der Waals surface area (Å²) in [6.45, 7) is 3.97. The highest BCUT2D eigenvalue weighted by molar-refractivity contribution is 7.11. The predicted molar refractivity (Wildman–Crippen MR) is 87.2 cm³/mol. The lowest BCUT2D eigenvalue weighted by Crippen LogP contribution is -2.35. The first-order valence-electron chi connectivity index (χ1n) is 6.41. The average Bonchev–Trinajstić information content (AvgIpc) is 2.92. The SMILES string of the molecule is Cc1ccccc1N(Cc1nnc(CCl)s1)C(=O)C(C)Cl. The molecule has 2 aromatic rings. The molecular weight excluding hydrogens is 329 g/mol. The maximum atomic E-state index is 12.4. The lowest BCUT2D eigenvalue weighted by Gasteiger charge is -2.24. The smallest absolute Gasteiger partial charge is 0.245 e. The summed E-state index contributed by atoms with van der Waals surface area (Å²) in [5.74, 6) is 0.163. The fourth-order valence-corrected chi connectivity index (χ4v) is 2.92. The number of carbonyl (C=O) groups excluding carboxylic acids is 1.